The zero-order valence-electron chi connectivity index (χ0n) is 13.7. The molecule has 0 amide bonds. The summed E-state index contributed by atoms with van der Waals surface area (Å²) in [5.74, 6) is -0.446. The van der Waals surface area contributed by atoms with Crippen LogP contribution in [-0.4, -0.2) is 16.1 Å². The third kappa shape index (κ3) is 3.37. The third-order valence-electron chi connectivity index (χ3n) is 4.28. The number of benzene rings is 1. The molecule has 1 aliphatic rings. The number of fused-ring (bicyclic) bond motifs is 1. The first kappa shape index (κ1) is 16.7. The van der Waals surface area contributed by atoms with E-state index < -0.39 is 18.3 Å². The second-order valence-electron chi connectivity index (χ2n) is 6.22. The van der Waals surface area contributed by atoms with Gasteiger partial charge in [-0.2, -0.15) is 8.78 Å². The van der Waals surface area contributed by atoms with Crippen LogP contribution in [0.25, 0.3) is 11.4 Å². The number of aromatic nitrogens is 2. The molecule has 1 aromatic carbocycles. The fraction of sp³-hybridized carbons (Fsp3) is 0.444. The lowest BCUT2D eigenvalue weighted by molar-refractivity contribution is -0.188. The lowest BCUT2D eigenvalue weighted by atomic mass is 9.99. The molecular formula is C18H19F3N2O. The highest BCUT2D eigenvalue weighted by Crippen LogP contribution is 2.39. The van der Waals surface area contributed by atoms with Gasteiger partial charge in [-0.25, -0.2) is 14.4 Å². The number of halogens is 3. The van der Waals surface area contributed by atoms with E-state index in [-0.39, 0.29) is 12.2 Å². The Morgan fingerprint density at radius 2 is 1.96 bits per heavy atom. The van der Waals surface area contributed by atoms with Gasteiger partial charge in [-0.3, -0.25) is 0 Å². The van der Waals surface area contributed by atoms with E-state index in [1.54, 1.807) is 18.5 Å². The van der Waals surface area contributed by atoms with E-state index in [4.69, 9.17) is 0 Å². The number of rotatable bonds is 4. The van der Waals surface area contributed by atoms with Crippen LogP contribution in [0.2, 0.25) is 0 Å². The van der Waals surface area contributed by atoms with Gasteiger partial charge < -0.3 is 4.74 Å². The van der Waals surface area contributed by atoms with Crippen molar-refractivity contribution in [1.29, 1.82) is 0 Å². The molecule has 0 saturated heterocycles. The van der Waals surface area contributed by atoms with Gasteiger partial charge in [0, 0.05) is 18.0 Å². The number of nitrogens with zero attached hydrogens (tertiary/aromatic N) is 2. The van der Waals surface area contributed by atoms with Gasteiger partial charge in [-0.1, -0.05) is 20.3 Å². The summed E-state index contributed by atoms with van der Waals surface area (Å²) in [7, 11) is 0. The molecule has 0 aliphatic carbocycles. The first-order valence-electron chi connectivity index (χ1n) is 8.11. The zero-order valence-corrected chi connectivity index (χ0v) is 13.7. The van der Waals surface area contributed by atoms with Gasteiger partial charge in [-0.05, 0) is 42.0 Å². The Morgan fingerprint density at radius 1 is 1.25 bits per heavy atom. The molecule has 1 unspecified atom stereocenters. The number of aryl methyl sites for hydroxylation is 1. The fourth-order valence-electron chi connectivity index (χ4n) is 2.90. The van der Waals surface area contributed by atoms with Crippen LogP contribution in [0.4, 0.5) is 13.2 Å². The molecule has 1 atom stereocenters. The van der Waals surface area contributed by atoms with E-state index in [9.17, 15) is 13.2 Å². The molecular weight excluding hydrogens is 317 g/mol. The van der Waals surface area contributed by atoms with Gasteiger partial charge in [0.1, 0.15) is 0 Å². The molecule has 0 bridgehead atoms. The van der Waals surface area contributed by atoms with E-state index in [0.717, 1.165) is 24.5 Å². The Hall–Kier alpha value is -2.11. The number of ether oxygens (including phenoxy) is 1. The van der Waals surface area contributed by atoms with Crippen molar-refractivity contribution in [1.82, 2.24) is 9.97 Å². The van der Waals surface area contributed by atoms with Crippen LogP contribution in [0.1, 0.15) is 50.2 Å². The van der Waals surface area contributed by atoms with Crippen molar-refractivity contribution >= 4 is 0 Å². The quantitative estimate of drug-likeness (QED) is 0.779. The van der Waals surface area contributed by atoms with Gasteiger partial charge in [-0.15, -0.1) is 0 Å². The minimum absolute atomic E-state index is 0.0543. The summed E-state index contributed by atoms with van der Waals surface area (Å²) in [4.78, 5) is 8.61. The van der Waals surface area contributed by atoms with Crippen molar-refractivity contribution in [2.75, 3.05) is 0 Å². The normalized spacial score (nSPS) is 17.0. The Kier molecular flexibility index (Phi) is 4.47. The predicted octanol–water partition coefficient (Wildman–Crippen LogP) is 5.10. The average molecular weight is 336 g/mol. The Bertz CT molecular complexity index is 732. The lowest BCUT2D eigenvalue weighted by Crippen LogP contribution is -2.30. The van der Waals surface area contributed by atoms with Crippen molar-refractivity contribution in [3.05, 3.63) is 41.5 Å². The van der Waals surface area contributed by atoms with Crippen molar-refractivity contribution in [3.8, 4) is 17.1 Å². The molecule has 3 rings (SSSR count). The molecule has 24 heavy (non-hydrogen) atoms. The van der Waals surface area contributed by atoms with E-state index in [2.05, 4.69) is 28.6 Å². The summed E-state index contributed by atoms with van der Waals surface area (Å²) >= 11 is 0. The summed E-state index contributed by atoms with van der Waals surface area (Å²) in [6.07, 6.45) is 1.87. The summed E-state index contributed by atoms with van der Waals surface area (Å²) in [5, 5.41) is 0. The number of alkyl halides is 2. The summed E-state index contributed by atoms with van der Waals surface area (Å²) in [6.45, 7) is 4.23. The van der Waals surface area contributed by atoms with Crippen molar-refractivity contribution in [2.45, 2.75) is 51.6 Å². The summed E-state index contributed by atoms with van der Waals surface area (Å²) < 4.78 is 45.1. The minimum atomic E-state index is -3.32. The molecule has 1 aliphatic heterocycles. The molecule has 0 spiro atoms. The maximum Gasteiger partial charge on any atom is 0.398 e. The second kappa shape index (κ2) is 6.42. The maximum atomic E-state index is 14.2. The Morgan fingerprint density at radius 3 is 2.62 bits per heavy atom. The third-order valence-corrected chi connectivity index (χ3v) is 4.28. The first-order chi connectivity index (χ1) is 11.4. The lowest BCUT2D eigenvalue weighted by Gasteiger charge is -2.25. The van der Waals surface area contributed by atoms with Crippen LogP contribution in [0.5, 0.6) is 5.75 Å². The van der Waals surface area contributed by atoms with Crippen molar-refractivity contribution in [3.63, 3.8) is 0 Å². The molecule has 6 heteroatoms. The van der Waals surface area contributed by atoms with Gasteiger partial charge in [0.05, 0.1) is 6.42 Å². The highest BCUT2D eigenvalue weighted by atomic mass is 19.3. The van der Waals surface area contributed by atoms with Gasteiger partial charge in [0.2, 0.25) is 0 Å². The van der Waals surface area contributed by atoms with Crippen molar-refractivity contribution in [2.24, 2.45) is 0 Å². The molecule has 3 nitrogen and oxygen atoms in total. The number of hydrogen-bond donors (Lipinski definition) is 0. The number of hydrogen-bond acceptors (Lipinski definition) is 3. The van der Waals surface area contributed by atoms with Gasteiger partial charge in [0.15, 0.2) is 17.4 Å². The summed E-state index contributed by atoms with van der Waals surface area (Å²) in [6, 6.07) is 2.77. The van der Waals surface area contributed by atoms with E-state index in [1.165, 1.54) is 0 Å². The van der Waals surface area contributed by atoms with E-state index >= 15 is 0 Å². The molecule has 1 aromatic heterocycles. The monoisotopic (exact) mass is 336 g/mol. The fourth-order valence-corrected chi connectivity index (χ4v) is 2.90. The largest absolute Gasteiger partial charge is 0.429 e. The molecule has 2 heterocycles. The van der Waals surface area contributed by atoms with Crippen LogP contribution in [0, 0.1) is 5.82 Å². The molecule has 2 aromatic rings. The van der Waals surface area contributed by atoms with Crippen LogP contribution >= 0.6 is 0 Å². The van der Waals surface area contributed by atoms with Crippen LogP contribution in [-0.2, 0) is 6.42 Å². The highest BCUT2D eigenvalue weighted by Gasteiger charge is 2.37. The van der Waals surface area contributed by atoms with Crippen LogP contribution < -0.4 is 4.74 Å². The summed E-state index contributed by atoms with van der Waals surface area (Å²) in [5.41, 5.74) is 1.92. The first-order valence-corrected chi connectivity index (χ1v) is 8.11. The van der Waals surface area contributed by atoms with Gasteiger partial charge >= 0.3 is 6.11 Å². The van der Waals surface area contributed by atoms with Crippen LogP contribution in [0.15, 0.2) is 24.5 Å². The maximum absolute atomic E-state index is 14.2. The molecule has 0 N–H and O–H groups in total. The molecule has 0 radical (unpaired) electrons. The smallest absolute Gasteiger partial charge is 0.398 e. The average Bonchev–Trinajstić information content (AvgIpc) is 2.55. The predicted molar refractivity (Wildman–Crippen MR) is 84.6 cm³/mol. The second-order valence-corrected chi connectivity index (χ2v) is 6.22. The topological polar surface area (TPSA) is 35.0 Å². The van der Waals surface area contributed by atoms with Crippen LogP contribution in [0.3, 0.4) is 0 Å². The Balaban J connectivity index is 1.89. The zero-order chi connectivity index (χ0) is 17.3. The van der Waals surface area contributed by atoms with Gasteiger partial charge in [0.25, 0.3) is 0 Å². The minimum Gasteiger partial charge on any atom is -0.429 e. The highest BCUT2D eigenvalue weighted by molar-refractivity contribution is 5.59. The SMILES string of the molecule is CCCC(C)c1cnc(-c2cc(F)c3c(c2)CCC(F)(F)O3)nc1. The molecule has 128 valence electrons. The van der Waals surface area contributed by atoms with Crippen molar-refractivity contribution < 1.29 is 17.9 Å². The van der Waals surface area contributed by atoms with E-state index in [0.29, 0.717) is 22.9 Å². The Labute approximate surface area is 138 Å². The molecule has 0 fully saturated rings. The standard InChI is InChI=1S/C18H19F3N2O/c1-3-4-11(2)14-9-22-17(23-10-14)13-7-12-5-6-18(20,21)24-16(12)15(19)8-13/h7-11H,3-6H2,1-2H3. The molecule has 0 saturated carbocycles. The van der Waals surface area contributed by atoms with E-state index in [1.807, 2.05) is 0 Å².